The molecule has 0 saturated carbocycles. The number of nitrogens with one attached hydrogen (secondary N) is 1. The third kappa shape index (κ3) is 8.31. The number of carbonyl (C=O) groups is 4. The number of amides is 2. The van der Waals surface area contributed by atoms with Crippen molar-refractivity contribution in [2.24, 2.45) is 17.6 Å². The van der Waals surface area contributed by atoms with E-state index in [-0.39, 0.29) is 29.2 Å². The van der Waals surface area contributed by atoms with E-state index in [0.717, 1.165) is 6.08 Å². The molecule has 1 aliphatic carbocycles. The van der Waals surface area contributed by atoms with Crippen LogP contribution in [0.4, 0.5) is 4.79 Å². The van der Waals surface area contributed by atoms with E-state index in [2.05, 4.69) is 5.32 Å². The number of aliphatic hydroxyl groups is 1. The number of ketones is 2. The standard InChI is InChI=1S/C29H40N2O9/c1-15-9-8-10-22(37-5)27(40-29(30)36)17(3)11-16(2)24(33)23(38-6)12-18(4)26(39-7)20-13-19(32)14-21(25(20)34)31-28(15)35/h8-11,13-14,16,18,22-24,26-27,33H,12H2,1-7H3,(H2,30,36)(H,31,35)/b10-8-,15-9+,17-11+/t16-,18-,22-,23-,24+,26-,27-/m0/s1. The minimum atomic E-state index is -1.01. The van der Waals surface area contributed by atoms with E-state index in [1.807, 2.05) is 6.92 Å². The van der Waals surface area contributed by atoms with Gasteiger partial charge in [-0.25, -0.2) is 4.79 Å². The molecular formula is C29H40N2O9. The highest BCUT2D eigenvalue weighted by Gasteiger charge is 2.35. The van der Waals surface area contributed by atoms with Crippen LogP contribution in [-0.4, -0.2) is 80.5 Å². The summed E-state index contributed by atoms with van der Waals surface area (Å²) in [5.41, 5.74) is 6.06. The Kier molecular flexibility index (Phi) is 12.2. The molecule has 0 spiro atoms. The molecule has 11 nitrogen and oxygen atoms in total. The van der Waals surface area contributed by atoms with Crippen molar-refractivity contribution in [3.63, 3.8) is 0 Å². The van der Waals surface area contributed by atoms with E-state index in [0.29, 0.717) is 5.57 Å². The van der Waals surface area contributed by atoms with Gasteiger partial charge in [-0.05, 0) is 37.8 Å². The van der Waals surface area contributed by atoms with Crippen LogP contribution in [0.2, 0.25) is 0 Å². The molecule has 0 saturated heterocycles. The van der Waals surface area contributed by atoms with E-state index in [9.17, 15) is 24.3 Å². The van der Waals surface area contributed by atoms with Gasteiger partial charge in [0.1, 0.15) is 6.10 Å². The second kappa shape index (κ2) is 14.8. The summed E-state index contributed by atoms with van der Waals surface area (Å²) in [5, 5.41) is 13.7. The van der Waals surface area contributed by atoms with E-state index in [1.54, 1.807) is 26.0 Å². The molecule has 0 aromatic rings. The van der Waals surface area contributed by atoms with Gasteiger partial charge < -0.3 is 35.1 Å². The van der Waals surface area contributed by atoms with Crippen molar-refractivity contribution in [2.75, 3.05) is 21.3 Å². The summed E-state index contributed by atoms with van der Waals surface area (Å²) in [6.07, 6.45) is 3.68. The van der Waals surface area contributed by atoms with Gasteiger partial charge in [0.05, 0.1) is 24.0 Å². The lowest BCUT2D eigenvalue weighted by atomic mass is 9.84. The molecular weight excluding hydrogens is 520 g/mol. The SMILES string of the molecule is CO[C@H]1/C=C\C=C(/C)C(=O)NC2=CC(=O)C=C(C2=O)[C@@H](OC)[C@@H](C)C[C@H](OC)[C@H](O)[C@@H](C)/C=C(\C)[C@@H]1OC(N)=O. The van der Waals surface area contributed by atoms with Crippen molar-refractivity contribution < 1.29 is 43.2 Å². The number of rotatable bonds is 4. The number of carbonyl (C=O) groups excluding carboxylic acids is 4. The quantitative estimate of drug-likeness (QED) is 0.345. The first-order valence-corrected chi connectivity index (χ1v) is 12.9. The Labute approximate surface area is 234 Å². The van der Waals surface area contributed by atoms with Crippen LogP contribution in [-0.2, 0) is 33.3 Å². The Morgan fingerprint density at radius 1 is 1.02 bits per heavy atom. The predicted molar refractivity (Wildman–Crippen MR) is 147 cm³/mol. The summed E-state index contributed by atoms with van der Waals surface area (Å²) in [6, 6.07) is 0. The van der Waals surface area contributed by atoms with Gasteiger partial charge in [0.25, 0.3) is 5.91 Å². The van der Waals surface area contributed by atoms with Crippen LogP contribution in [0.15, 0.2) is 58.9 Å². The number of hydrogen-bond acceptors (Lipinski definition) is 9. The molecule has 1 aliphatic heterocycles. The Hall–Kier alpha value is -3.38. The highest BCUT2D eigenvalue weighted by Crippen LogP contribution is 2.29. The number of nitrogens with two attached hydrogens (primary N) is 1. The van der Waals surface area contributed by atoms with Crippen molar-refractivity contribution >= 4 is 23.6 Å². The van der Waals surface area contributed by atoms with E-state index in [4.69, 9.17) is 24.7 Å². The number of allylic oxidation sites excluding steroid dienone is 5. The van der Waals surface area contributed by atoms with Crippen LogP contribution in [0.3, 0.4) is 0 Å². The number of primary amides is 1. The average Bonchev–Trinajstić information content (AvgIpc) is 2.90. The molecule has 2 rings (SSSR count). The van der Waals surface area contributed by atoms with Gasteiger partial charge in [-0.2, -0.15) is 0 Å². The lowest BCUT2D eigenvalue weighted by Gasteiger charge is -2.32. The van der Waals surface area contributed by atoms with Gasteiger partial charge in [0.15, 0.2) is 11.9 Å². The maximum Gasteiger partial charge on any atom is 0.405 e. The molecule has 2 bridgehead atoms. The van der Waals surface area contributed by atoms with E-state index in [1.165, 1.54) is 46.5 Å². The summed E-state index contributed by atoms with van der Waals surface area (Å²) in [7, 11) is 4.31. The normalized spacial score (nSPS) is 34.4. The number of Topliss-reactive ketones (excluding diaryl/α,β-unsaturated/α-hetero) is 1. The molecule has 0 aromatic carbocycles. The predicted octanol–water partition coefficient (Wildman–Crippen LogP) is 2.06. The zero-order valence-electron chi connectivity index (χ0n) is 24.0. The molecule has 4 N–H and O–H groups in total. The van der Waals surface area contributed by atoms with Crippen LogP contribution < -0.4 is 11.1 Å². The number of hydrogen-bond donors (Lipinski definition) is 3. The molecule has 0 radical (unpaired) electrons. The average molecular weight is 561 g/mol. The second-order valence-electron chi connectivity index (χ2n) is 10.0. The molecule has 2 aliphatic rings. The number of aliphatic hydroxyl groups excluding tert-OH is 1. The maximum absolute atomic E-state index is 13.3. The van der Waals surface area contributed by atoms with Crippen molar-refractivity contribution in [3.8, 4) is 0 Å². The van der Waals surface area contributed by atoms with Crippen LogP contribution in [0.25, 0.3) is 0 Å². The van der Waals surface area contributed by atoms with Crippen molar-refractivity contribution in [2.45, 2.75) is 64.6 Å². The highest BCUT2D eigenvalue weighted by molar-refractivity contribution is 6.22. The fraction of sp³-hybridized carbons (Fsp3) is 0.517. The molecule has 0 unspecified atom stereocenters. The zero-order chi connectivity index (χ0) is 30.1. The maximum atomic E-state index is 13.3. The third-order valence-electron chi connectivity index (χ3n) is 7.04. The first-order valence-electron chi connectivity index (χ1n) is 12.9. The van der Waals surface area contributed by atoms with E-state index < -0.39 is 60.0 Å². The van der Waals surface area contributed by atoms with Crippen LogP contribution >= 0.6 is 0 Å². The van der Waals surface area contributed by atoms with Gasteiger partial charge in [0.2, 0.25) is 5.78 Å². The van der Waals surface area contributed by atoms with Crippen LogP contribution in [0.1, 0.15) is 34.1 Å². The lowest BCUT2D eigenvalue weighted by molar-refractivity contribution is -0.120. The minimum Gasteiger partial charge on any atom is -0.439 e. The molecule has 220 valence electrons. The van der Waals surface area contributed by atoms with Crippen molar-refractivity contribution in [1.82, 2.24) is 5.32 Å². The Morgan fingerprint density at radius 3 is 2.27 bits per heavy atom. The fourth-order valence-corrected chi connectivity index (χ4v) is 4.86. The largest absolute Gasteiger partial charge is 0.439 e. The van der Waals surface area contributed by atoms with Gasteiger partial charge in [-0.1, -0.05) is 38.2 Å². The lowest BCUT2D eigenvalue weighted by Crippen LogP contribution is -2.40. The van der Waals surface area contributed by atoms with Crippen LogP contribution in [0.5, 0.6) is 0 Å². The molecule has 1 heterocycles. The van der Waals surface area contributed by atoms with Crippen molar-refractivity contribution in [1.29, 1.82) is 0 Å². The second-order valence-corrected chi connectivity index (χ2v) is 10.0. The van der Waals surface area contributed by atoms with Crippen molar-refractivity contribution in [3.05, 3.63) is 58.9 Å². The summed E-state index contributed by atoms with van der Waals surface area (Å²) in [4.78, 5) is 50.4. The van der Waals surface area contributed by atoms with E-state index >= 15 is 0 Å². The van der Waals surface area contributed by atoms with Gasteiger partial charge >= 0.3 is 6.09 Å². The zero-order valence-corrected chi connectivity index (χ0v) is 24.0. The molecule has 11 heteroatoms. The summed E-state index contributed by atoms with van der Waals surface area (Å²) >= 11 is 0. The molecule has 0 fully saturated rings. The summed E-state index contributed by atoms with van der Waals surface area (Å²) < 4.78 is 22.1. The smallest absolute Gasteiger partial charge is 0.405 e. The number of fused-ring (bicyclic) bond motifs is 2. The first-order chi connectivity index (χ1) is 18.8. The monoisotopic (exact) mass is 560 g/mol. The molecule has 2 amide bonds. The highest BCUT2D eigenvalue weighted by atomic mass is 16.6. The van der Waals surface area contributed by atoms with Gasteiger partial charge in [-0.3, -0.25) is 14.4 Å². The Bertz CT molecular complexity index is 1130. The Balaban J connectivity index is 2.62. The first kappa shape index (κ1) is 32.8. The number of ether oxygens (including phenoxy) is 4. The fourth-order valence-electron chi connectivity index (χ4n) is 4.86. The molecule has 40 heavy (non-hydrogen) atoms. The third-order valence-corrected chi connectivity index (χ3v) is 7.04. The number of methoxy groups -OCH3 is 3. The topological polar surface area (TPSA) is 163 Å². The van der Waals surface area contributed by atoms with Gasteiger partial charge in [-0.15, -0.1) is 0 Å². The Morgan fingerprint density at radius 2 is 1.70 bits per heavy atom. The summed E-state index contributed by atoms with van der Waals surface area (Å²) in [5.74, 6) is -2.44. The minimum absolute atomic E-state index is 0.0970. The molecule has 0 aromatic heterocycles. The molecule has 7 atom stereocenters. The van der Waals surface area contributed by atoms with Gasteiger partial charge in [0, 0.05) is 44.5 Å². The summed E-state index contributed by atoms with van der Waals surface area (Å²) in [6.45, 7) is 6.86. The van der Waals surface area contributed by atoms with Crippen LogP contribution in [0, 0.1) is 11.8 Å².